The molecule has 4 aromatic rings. The smallest absolute Gasteiger partial charge is 0.243 e. The van der Waals surface area contributed by atoms with Gasteiger partial charge in [-0.2, -0.15) is 4.31 Å². The quantitative estimate of drug-likeness (QED) is 0.163. The number of aromatic nitrogens is 3. The Labute approximate surface area is 257 Å². The van der Waals surface area contributed by atoms with Gasteiger partial charge in [-0.15, -0.1) is 10.2 Å². The number of aryl methyl sites for hydroxylation is 1. The molecule has 1 aliphatic rings. The number of sulfonamides is 1. The van der Waals surface area contributed by atoms with E-state index in [1.165, 1.54) is 9.87 Å². The van der Waals surface area contributed by atoms with Crippen LogP contribution in [0.4, 0.5) is 0 Å². The zero-order valence-corrected chi connectivity index (χ0v) is 26.4. The van der Waals surface area contributed by atoms with E-state index in [2.05, 4.69) is 46.0 Å². The number of hydrogen-bond acceptors (Lipinski definition) is 7. The highest BCUT2D eigenvalue weighted by molar-refractivity contribution is 7.99. The van der Waals surface area contributed by atoms with Crippen LogP contribution < -0.4 is 4.74 Å². The number of carbonyl (C=O) groups excluding carboxylic acids is 1. The van der Waals surface area contributed by atoms with E-state index in [1.54, 1.807) is 48.0 Å². The van der Waals surface area contributed by atoms with Crippen LogP contribution in [0.5, 0.6) is 5.75 Å². The van der Waals surface area contributed by atoms with Crippen molar-refractivity contribution in [1.82, 2.24) is 24.0 Å². The van der Waals surface area contributed by atoms with Crippen molar-refractivity contribution in [3.63, 3.8) is 0 Å². The summed E-state index contributed by atoms with van der Waals surface area (Å²) in [7, 11) is -2.11. The summed E-state index contributed by atoms with van der Waals surface area (Å²) in [5, 5.41) is 9.84. The lowest BCUT2D eigenvalue weighted by molar-refractivity contribution is -0.133. The molecule has 1 fully saturated rings. The van der Waals surface area contributed by atoms with E-state index in [1.807, 2.05) is 37.3 Å². The highest BCUT2D eigenvalue weighted by Crippen LogP contribution is 2.29. The molecule has 1 amide bonds. The molecule has 1 atom stereocenters. The van der Waals surface area contributed by atoms with Crippen LogP contribution in [0.15, 0.2) is 88.9 Å². The SMILES string of the molecule is COc1ccc(S(=O)(=O)N2CCN(C(=O)CCCCSc3nnc(-c4ccc(C)cc4)n3-c3ccccc3)CC2C)cc1. The van der Waals surface area contributed by atoms with Crippen LogP contribution in [0.25, 0.3) is 17.1 Å². The van der Waals surface area contributed by atoms with Gasteiger partial charge in [-0.1, -0.05) is 59.8 Å². The molecule has 5 rings (SSSR count). The number of ether oxygens (including phenoxy) is 1. The third-order valence-corrected chi connectivity index (χ3v) is 10.6. The van der Waals surface area contributed by atoms with Crippen molar-refractivity contribution in [3.8, 4) is 22.8 Å². The average molecular weight is 620 g/mol. The van der Waals surface area contributed by atoms with Crippen molar-refractivity contribution in [2.75, 3.05) is 32.5 Å². The van der Waals surface area contributed by atoms with Crippen molar-refractivity contribution in [3.05, 3.63) is 84.4 Å². The van der Waals surface area contributed by atoms with E-state index in [0.29, 0.717) is 25.3 Å². The Hall–Kier alpha value is -3.67. The zero-order valence-electron chi connectivity index (χ0n) is 24.7. The van der Waals surface area contributed by atoms with E-state index in [9.17, 15) is 13.2 Å². The number of methoxy groups -OCH3 is 1. The topological polar surface area (TPSA) is 97.6 Å². The van der Waals surface area contributed by atoms with E-state index in [-0.39, 0.29) is 23.4 Å². The molecule has 1 aromatic heterocycles. The first-order valence-corrected chi connectivity index (χ1v) is 16.8. The molecule has 3 aromatic carbocycles. The van der Waals surface area contributed by atoms with Crippen LogP contribution in [0, 0.1) is 6.92 Å². The normalized spacial score (nSPS) is 15.9. The van der Waals surface area contributed by atoms with Crippen LogP contribution in [-0.4, -0.2) is 76.8 Å². The predicted octanol–water partition coefficient (Wildman–Crippen LogP) is 5.44. The third-order valence-electron chi connectivity index (χ3n) is 7.56. The summed E-state index contributed by atoms with van der Waals surface area (Å²) in [5.74, 6) is 2.26. The number of thioether (sulfide) groups is 1. The molecular weight excluding hydrogens is 583 g/mol. The first-order chi connectivity index (χ1) is 20.8. The summed E-state index contributed by atoms with van der Waals surface area (Å²) in [6.45, 7) is 4.95. The van der Waals surface area contributed by atoms with Crippen LogP contribution in [0.2, 0.25) is 0 Å². The summed E-state index contributed by atoms with van der Waals surface area (Å²) < 4.78 is 35.1. The van der Waals surface area contributed by atoms with Gasteiger partial charge in [0.1, 0.15) is 5.75 Å². The van der Waals surface area contributed by atoms with Crippen molar-refractivity contribution in [2.45, 2.75) is 49.2 Å². The molecular formula is C32H37N5O4S2. The molecule has 0 aliphatic carbocycles. The standard InChI is InChI=1S/C32H37N5O4S2/c1-24-12-14-26(15-13-24)31-33-34-32(37(31)27-9-5-4-6-10-27)42-22-8-7-11-30(38)35-20-21-36(25(2)23-35)43(39,40)29-18-16-28(41-3)17-19-29/h4-6,9-10,12-19,25H,7-8,11,20-23H2,1-3H3. The van der Waals surface area contributed by atoms with Gasteiger partial charge in [0.25, 0.3) is 0 Å². The number of piperazine rings is 1. The van der Waals surface area contributed by atoms with Gasteiger partial charge in [-0.3, -0.25) is 9.36 Å². The summed E-state index contributed by atoms with van der Waals surface area (Å²) in [6.07, 6.45) is 2.02. The monoisotopic (exact) mass is 619 g/mol. The zero-order chi connectivity index (χ0) is 30.4. The maximum absolute atomic E-state index is 13.2. The number of rotatable bonds is 11. The predicted molar refractivity (Wildman–Crippen MR) is 169 cm³/mol. The highest BCUT2D eigenvalue weighted by atomic mass is 32.2. The lowest BCUT2D eigenvalue weighted by Crippen LogP contribution is -2.55. The minimum absolute atomic E-state index is 0.0625. The molecule has 1 aliphatic heterocycles. The second kappa shape index (κ2) is 13.7. The lowest BCUT2D eigenvalue weighted by atomic mass is 10.1. The molecule has 0 spiro atoms. The molecule has 1 unspecified atom stereocenters. The average Bonchev–Trinajstić information content (AvgIpc) is 3.45. The van der Waals surface area contributed by atoms with Crippen molar-refractivity contribution in [1.29, 1.82) is 0 Å². The lowest BCUT2D eigenvalue weighted by Gasteiger charge is -2.39. The minimum Gasteiger partial charge on any atom is -0.497 e. The van der Waals surface area contributed by atoms with E-state index < -0.39 is 10.0 Å². The highest BCUT2D eigenvalue weighted by Gasteiger charge is 2.35. The fourth-order valence-corrected chi connectivity index (χ4v) is 7.73. The van der Waals surface area contributed by atoms with Crippen molar-refractivity contribution >= 4 is 27.7 Å². The molecule has 0 bridgehead atoms. The number of amides is 1. The molecule has 1 saturated heterocycles. The van der Waals surface area contributed by atoms with Gasteiger partial charge in [0, 0.05) is 49.1 Å². The molecule has 0 radical (unpaired) electrons. The molecule has 9 nitrogen and oxygen atoms in total. The molecule has 0 saturated carbocycles. The number of hydrogen-bond donors (Lipinski definition) is 0. The van der Waals surface area contributed by atoms with Crippen LogP contribution >= 0.6 is 11.8 Å². The van der Waals surface area contributed by atoms with Gasteiger partial charge in [0.15, 0.2) is 11.0 Å². The fraction of sp³-hybridized carbons (Fsp3) is 0.344. The Morgan fingerprint density at radius 1 is 0.953 bits per heavy atom. The second-order valence-electron chi connectivity index (χ2n) is 10.6. The fourth-order valence-electron chi connectivity index (χ4n) is 5.17. The second-order valence-corrected chi connectivity index (χ2v) is 13.6. The molecule has 11 heteroatoms. The number of nitrogens with zero attached hydrogens (tertiary/aromatic N) is 5. The van der Waals surface area contributed by atoms with E-state index >= 15 is 0 Å². The van der Waals surface area contributed by atoms with Crippen molar-refractivity contribution < 1.29 is 17.9 Å². The van der Waals surface area contributed by atoms with Gasteiger partial charge in [0.05, 0.1) is 12.0 Å². The Morgan fingerprint density at radius 2 is 1.67 bits per heavy atom. The van der Waals surface area contributed by atoms with E-state index in [4.69, 9.17) is 4.74 Å². The Bertz CT molecular complexity index is 1620. The minimum atomic E-state index is -3.65. The first kappa shape index (κ1) is 30.8. The van der Waals surface area contributed by atoms with Gasteiger partial charge in [-0.25, -0.2) is 8.42 Å². The van der Waals surface area contributed by atoms with Crippen LogP contribution in [0.1, 0.15) is 31.7 Å². The van der Waals surface area contributed by atoms with E-state index in [0.717, 1.165) is 40.8 Å². The summed E-state index contributed by atoms with van der Waals surface area (Å²) >= 11 is 1.63. The number of para-hydroxylation sites is 1. The number of carbonyl (C=O) groups is 1. The van der Waals surface area contributed by atoms with Gasteiger partial charge < -0.3 is 9.64 Å². The van der Waals surface area contributed by atoms with Gasteiger partial charge >= 0.3 is 0 Å². The summed E-state index contributed by atoms with van der Waals surface area (Å²) in [5.41, 5.74) is 3.20. The summed E-state index contributed by atoms with van der Waals surface area (Å²) in [4.78, 5) is 15.0. The van der Waals surface area contributed by atoms with Crippen LogP contribution in [0.3, 0.4) is 0 Å². The number of unbranched alkanes of at least 4 members (excludes halogenated alkanes) is 1. The van der Waals surface area contributed by atoms with Gasteiger partial charge in [-0.05, 0) is 63.1 Å². The van der Waals surface area contributed by atoms with Crippen molar-refractivity contribution in [2.24, 2.45) is 0 Å². The third kappa shape index (κ3) is 7.11. The maximum Gasteiger partial charge on any atom is 0.243 e. The summed E-state index contributed by atoms with van der Waals surface area (Å²) in [6, 6.07) is 24.5. The Kier molecular flexibility index (Phi) is 9.84. The molecule has 226 valence electrons. The largest absolute Gasteiger partial charge is 0.497 e. The Balaban J connectivity index is 1.13. The number of benzene rings is 3. The Morgan fingerprint density at radius 3 is 2.35 bits per heavy atom. The molecule has 2 heterocycles. The van der Waals surface area contributed by atoms with Gasteiger partial charge in [0.2, 0.25) is 15.9 Å². The van der Waals surface area contributed by atoms with Crippen LogP contribution in [-0.2, 0) is 14.8 Å². The molecule has 0 N–H and O–H groups in total. The molecule has 43 heavy (non-hydrogen) atoms. The maximum atomic E-state index is 13.2. The first-order valence-electron chi connectivity index (χ1n) is 14.4.